The van der Waals surface area contributed by atoms with Gasteiger partial charge in [-0.25, -0.2) is 4.79 Å². The van der Waals surface area contributed by atoms with E-state index in [4.69, 9.17) is 9.52 Å². The summed E-state index contributed by atoms with van der Waals surface area (Å²) < 4.78 is 5.20. The topological polar surface area (TPSA) is 75.4 Å². The van der Waals surface area contributed by atoms with Gasteiger partial charge in [0.2, 0.25) is 5.76 Å². The van der Waals surface area contributed by atoms with Crippen molar-refractivity contribution in [2.45, 2.75) is 6.54 Å². The molecule has 0 amide bonds. The molecule has 0 saturated heterocycles. The van der Waals surface area contributed by atoms with E-state index in [1.54, 1.807) is 18.5 Å². The van der Waals surface area contributed by atoms with Crippen LogP contribution in [0.3, 0.4) is 0 Å². The Labute approximate surface area is 114 Å². The highest BCUT2D eigenvalue weighted by molar-refractivity contribution is 5.93. The fraction of sp³-hybridized carbons (Fsp3) is 0.0667. The molecule has 0 aliphatic heterocycles. The summed E-state index contributed by atoms with van der Waals surface area (Å²) >= 11 is 0. The van der Waals surface area contributed by atoms with E-state index in [0.717, 1.165) is 16.5 Å². The van der Waals surface area contributed by atoms with Crippen molar-refractivity contribution in [1.29, 1.82) is 0 Å². The van der Waals surface area contributed by atoms with Crippen molar-refractivity contribution in [3.8, 4) is 0 Å². The summed E-state index contributed by atoms with van der Waals surface area (Å²) in [5.41, 5.74) is 0.934. The highest BCUT2D eigenvalue weighted by Crippen LogP contribution is 2.22. The lowest BCUT2D eigenvalue weighted by Crippen LogP contribution is -1.99. The first kappa shape index (κ1) is 12.2. The summed E-state index contributed by atoms with van der Waals surface area (Å²) in [5.74, 6) is -0.546. The Morgan fingerprint density at radius 2 is 2.15 bits per heavy atom. The highest BCUT2D eigenvalue weighted by atomic mass is 16.4. The lowest BCUT2D eigenvalue weighted by Gasteiger charge is -2.07. The van der Waals surface area contributed by atoms with Gasteiger partial charge in [0.1, 0.15) is 5.76 Å². The molecule has 0 fully saturated rings. The summed E-state index contributed by atoms with van der Waals surface area (Å²) in [6, 6.07) is 11.0. The molecule has 2 N–H and O–H groups in total. The van der Waals surface area contributed by atoms with Crippen LogP contribution in [0.25, 0.3) is 10.8 Å². The molecule has 100 valence electrons. The molecule has 3 aromatic rings. The van der Waals surface area contributed by atoms with Crippen LogP contribution in [0.1, 0.15) is 16.3 Å². The number of aromatic nitrogens is 1. The number of carboxylic acid groups (broad SMARTS) is 1. The van der Waals surface area contributed by atoms with Crippen molar-refractivity contribution >= 4 is 22.4 Å². The Kier molecular flexibility index (Phi) is 3.09. The van der Waals surface area contributed by atoms with Crippen LogP contribution in [-0.2, 0) is 6.54 Å². The minimum absolute atomic E-state index is 0.0543. The Morgan fingerprint density at radius 1 is 1.25 bits per heavy atom. The van der Waals surface area contributed by atoms with E-state index in [2.05, 4.69) is 10.3 Å². The number of carbonyl (C=O) groups is 1. The van der Waals surface area contributed by atoms with E-state index in [0.29, 0.717) is 12.3 Å². The van der Waals surface area contributed by atoms with Gasteiger partial charge in [0.15, 0.2) is 0 Å². The second-order valence-corrected chi connectivity index (χ2v) is 4.33. The summed E-state index contributed by atoms with van der Waals surface area (Å²) in [6.07, 6.45) is 3.54. The van der Waals surface area contributed by atoms with Gasteiger partial charge >= 0.3 is 5.97 Å². The molecule has 20 heavy (non-hydrogen) atoms. The van der Waals surface area contributed by atoms with Gasteiger partial charge in [-0.15, -0.1) is 0 Å². The SMILES string of the molecule is O=C(O)c1ccc(CNc2cccc3ccncc23)o1. The van der Waals surface area contributed by atoms with Crippen LogP contribution in [0.15, 0.2) is 53.2 Å². The zero-order valence-corrected chi connectivity index (χ0v) is 10.5. The number of furan rings is 1. The Morgan fingerprint density at radius 3 is 2.95 bits per heavy atom. The molecule has 2 aromatic heterocycles. The molecule has 5 nitrogen and oxygen atoms in total. The minimum Gasteiger partial charge on any atom is -0.475 e. The molecule has 0 aliphatic rings. The Bertz CT molecular complexity index is 759. The molecular weight excluding hydrogens is 256 g/mol. The van der Waals surface area contributed by atoms with E-state index >= 15 is 0 Å². The minimum atomic E-state index is -1.06. The van der Waals surface area contributed by atoms with Gasteiger partial charge in [-0.1, -0.05) is 12.1 Å². The molecule has 0 unspecified atom stereocenters. The summed E-state index contributed by atoms with van der Waals surface area (Å²) in [4.78, 5) is 14.9. The van der Waals surface area contributed by atoms with Gasteiger partial charge in [0, 0.05) is 23.5 Å². The average molecular weight is 268 g/mol. The number of rotatable bonds is 4. The van der Waals surface area contributed by atoms with E-state index in [-0.39, 0.29) is 5.76 Å². The average Bonchev–Trinajstić information content (AvgIpc) is 2.94. The van der Waals surface area contributed by atoms with Crippen molar-refractivity contribution in [3.63, 3.8) is 0 Å². The van der Waals surface area contributed by atoms with Crippen LogP contribution in [-0.4, -0.2) is 16.1 Å². The highest BCUT2D eigenvalue weighted by Gasteiger charge is 2.09. The Balaban J connectivity index is 1.81. The maximum atomic E-state index is 10.7. The predicted octanol–water partition coefficient (Wildman–Crippen LogP) is 3.14. The van der Waals surface area contributed by atoms with E-state index < -0.39 is 5.97 Å². The third kappa shape index (κ3) is 2.33. The predicted molar refractivity (Wildman–Crippen MR) is 74.7 cm³/mol. The van der Waals surface area contributed by atoms with Crippen LogP contribution in [0.4, 0.5) is 5.69 Å². The number of nitrogens with one attached hydrogen (secondary N) is 1. The van der Waals surface area contributed by atoms with Gasteiger partial charge in [0.25, 0.3) is 0 Å². The smallest absolute Gasteiger partial charge is 0.371 e. The van der Waals surface area contributed by atoms with Gasteiger partial charge in [-0.05, 0) is 29.7 Å². The first-order valence-electron chi connectivity index (χ1n) is 6.12. The maximum absolute atomic E-state index is 10.7. The van der Waals surface area contributed by atoms with Crippen molar-refractivity contribution in [2.75, 3.05) is 5.32 Å². The maximum Gasteiger partial charge on any atom is 0.371 e. The number of benzene rings is 1. The quantitative estimate of drug-likeness (QED) is 0.760. The van der Waals surface area contributed by atoms with Crippen molar-refractivity contribution in [1.82, 2.24) is 4.98 Å². The molecular formula is C15H12N2O3. The molecule has 3 rings (SSSR count). The van der Waals surface area contributed by atoms with Crippen molar-refractivity contribution < 1.29 is 14.3 Å². The van der Waals surface area contributed by atoms with Crippen LogP contribution in [0.2, 0.25) is 0 Å². The summed E-state index contributed by atoms with van der Waals surface area (Å²) in [7, 11) is 0. The van der Waals surface area contributed by atoms with Crippen LogP contribution in [0, 0.1) is 0 Å². The molecule has 5 heteroatoms. The molecule has 0 aliphatic carbocycles. The summed E-state index contributed by atoms with van der Waals surface area (Å²) in [5, 5.41) is 14.1. The molecule has 0 spiro atoms. The normalized spacial score (nSPS) is 10.6. The third-order valence-electron chi connectivity index (χ3n) is 3.01. The fourth-order valence-electron chi connectivity index (χ4n) is 2.04. The monoisotopic (exact) mass is 268 g/mol. The molecule has 1 aromatic carbocycles. The number of aromatic carboxylic acids is 1. The van der Waals surface area contributed by atoms with Crippen LogP contribution >= 0.6 is 0 Å². The molecule has 2 heterocycles. The third-order valence-corrected chi connectivity index (χ3v) is 3.01. The Hall–Kier alpha value is -2.82. The van der Waals surface area contributed by atoms with Crippen molar-refractivity contribution in [3.05, 3.63) is 60.3 Å². The largest absolute Gasteiger partial charge is 0.475 e. The number of carboxylic acids is 1. The molecule has 0 bridgehead atoms. The number of hydrogen-bond donors (Lipinski definition) is 2. The van der Waals surface area contributed by atoms with E-state index in [9.17, 15) is 4.79 Å². The van der Waals surface area contributed by atoms with Gasteiger partial charge in [-0.3, -0.25) is 4.98 Å². The van der Waals surface area contributed by atoms with Crippen molar-refractivity contribution in [2.24, 2.45) is 0 Å². The lowest BCUT2D eigenvalue weighted by atomic mass is 10.1. The second-order valence-electron chi connectivity index (χ2n) is 4.33. The number of hydrogen-bond acceptors (Lipinski definition) is 4. The number of pyridine rings is 1. The molecule has 0 atom stereocenters. The van der Waals surface area contributed by atoms with Gasteiger partial charge in [-0.2, -0.15) is 0 Å². The number of nitrogens with zero attached hydrogens (tertiary/aromatic N) is 1. The summed E-state index contributed by atoms with van der Waals surface area (Å²) in [6.45, 7) is 0.418. The number of anilines is 1. The fourth-order valence-corrected chi connectivity index (χ4v) is 2.04. The first-order valence-corrected chi connectivity index (χ1v) is 6.12. The first-order chi connectivity index (χ1) is 9.74. The van der Waals surface area contributed by atoms with Crippen LogP contribution in [0.5, 0.6) is 0 Å². The zero-order chi connectivity index (χ0) is 13.9. The standard InChI is InChI=1S/C15H12N2O3/c18-15(19)14-5-4-11(20-14)8-17-13-3-1-2-10-6-7-16-9-12(10)13/h1-7,9,17H,8H2,(H,18,19). The molecule has 0 saturated carbocycles. The number of fused-ring (bicyclic) bond motifs is 1. The lowest BCUT2D eigenvalue weighted by molar-refractivity contribution is 0.0660. The second kappa shape index (κ2) is 5.05. The van der Waals surface area contributed by atoms with Crippen LogP contribution < -0.4 is 5.32 Å². The van der Waals surface area contributed by atoms with E-state index in [1.807, 2.05) is 24.3 Å². The molecule has 0 radical (unpaired) electrons. The van der Waals surface area contributed by atoms with E-state index in [1.165, 1.54) is 6.07 Å². The van der Waals surface area contributed by atoms with Gasteiger partial charge < -0.3 is 14.8 Å². The zero-order valence-electron chi connectivity index (χ0n) is 10.5. The van der Waals surface area contributed by atoms with Gasteiger partial charge in [0.05, 0.1) is 6.54 Å².